The second-order valence-corrected chi connectivity index (χ2v) is 6.27. The standard InChI is InChI=1S/C12H18FN3O2S/c1-2-16-8-4-5-10(9-16)15-19(17,18)12-11(13)6-3-7-14-12/h3,6-7,10,15H,2,4-5,8-9H2,1H3. The molecule has 0 spiro atoms. The van der Waals surface area contributed by atoms with Crippen molar-refractivity contribution in [1.82, 2.24) is 14.6 Å². The highest BCUT2D eigenvalue weighted by atomic mass is 32.2. The lowest BCUT2D eigenvalue weighted by molar-refractivity contribution is 0.211. The van der Waals surface area contributed by atoms with E-state index in [9.17, 15) is 12.8 Å². The first-order chi connectivity index (χ1) is 9.03. The molecule has 0 amide bonds. The van der Waals surface area contributed by atoms with Crippen LogP contribution >= 0.6 is 0 Å². The molecular formula is C12H18FN3O2S. The van der Waals surface area contributed by atoms with E-state index in [-0.39, 0.29) is 6.04 Å². The zero-order valence-corrected chi connectivity index (χ0v) is 11.7. The molecule has 1 aliphatic heterocycles. The number of nitrogens with zero attached hydrogens (tertiary/aromatic N) is 2. The number of pyridine rings is 1. The van der Waals surface area contributed by atoms with Crippen molar-refractivity contribution in [2.75, 3.05) is 19.6 Å². The van der Waals surface area contributed by atoms with Crippen LogP contribution in [0, 0.1) is 5.82 Å². The monoisotopic (exact) mass is 287 g/mol. The summed E-state index contributed by atoms with van der Waals surface area (Å²) in [5.74, 6) is -0.821. The third-order valence-corrected chi connectivity index (χ3v) is 4.71. The molecule has 0 aliphatic carbocycles. The van der Waals surface area contributed by atoms with Crippen LogP contribution in [0.3, 0.4) is 0 Å². The number of nitrogens with one attached hydrogen (secondary N) is 1. The molecule has 1 aromatic rings. The Balaban J connectivity index is 2.11. The number of halogens is 1. The quantitative estimate of drug-likeness (QED) is 0.897. The summed E-state index contributed by atoms with van der Waals surface area (Å²) in [6.07, 6.45) is 2.98. The van der Waals surface area contributed by atoms with Crippen LogP contribution in [-0.2, 0) is 10.0 Å². The van der Waals surface area contributed by atoms with E-state index in [1.165, 1.54) is 12.3 Å². The number of hydrogen-bond acceptors (Lipinski definition) is 4. The average Bonchev–Trinajstić information content (AvgIpc) is 2.38. The molecular weight excluding hydrogens is 269 g/mol. The molecule has 106 valence electrons. The molecule has 1 unspecified atom stereocenters. The van der Waals surface area contributed by atoms with Crippen molar-refractivity contribution in [3.05, 3.63) is 24.1 Å². The van der Waals surface area contributed by atoms with E-state index in [4.69, 9.17) is 0 Å². The molecule has 1 aliphatic rings. The van der Waals surface area contributed by atoms with Crippen LogP contribution in [0.25, 0.3) is 0 Å². The van der Waals surface area contributed by atoms with Gasteiger partial charge in [-0.3, -0.25) is 0 Å². The van der Waals surface area contributed by atoms with Gasteiger partial charge in [-0.1, -0.05) is 6.92 Å². The Hall–Kier alpha value is -1.05. The Morgan fingerprint density at radius 3 is 3.05 bits per heavy atom. The first-order valence-corrected chi connectivity index (χ1v) is 7.86. The Bertz CT molecular complexity index is 536. The van der Waals surface area contributed by atoms with Gasteiger partial charge in [0.25, 0.3) is 10.0 Å². The molecule has 0 bridgehead atoms. The fraction of sp³-hybridized carbons (Fsp3) is 0.583. The molecule has 2 heterocycles. The van der Waals surface area contributed by atoms with Gasteiger partial charge in [0.2, 0.25) is 5.03 Å². The molecule has 0 aromatic carbocycles. The summed E-state index contributed by atoms with van der Waals surface area (Å²) in [6, 6.07) is 2.29. The summed E-state index contributed by atoms with van der Waals surface area (Å²) >= 11 is 0. The summed E-state index contributed by atoms with van der Waals surface area (Å²) < 4.78 is 40.2. The van der Waals surface area contributed by atoms with E-state index in [0.29, 0.717) is 6.54 Å². The van der Waals surface area contributed by atoms with E-state index in [1.807, 2.05) is 6.92 Å². The summed E-state index contributed by atoms with van der Waals surface area (Å²) in [5, 5.41) is -0.524. The van der Waals surface area contributed by atoms with Crippen molar-refractivity contribution in [3.8, 4) is 0 Å². The predicted molar refractivity (Wildman–Crippen MR) is 69.7 cm³/mol. The Morgan fingerprint density at radius 1 is 1.58 bits per heavy atom. The molecule has 7 heteroatoms. The maximum absolute atomic E-state index is 13.5. The molecule has 1 aromatic heterocycles. The van der Waals surface area contributed by atoms with Crippen LogP contribution < -0.4 is 4.72 Å². The Morgan fingerprint density at radius 2 is 2.37 bits per heavy atom. The van der Waals surface area contributed by atoms with Crippen LogP contribution in [0.5, 0.6) is 0 Å². The molecule has 1 saturated heterocycles. The van der Waals surface area contributed by atoms with Gasteiger partial charge in [0.05, 0.1) is 0 Å². The minimum Gasteiger partial charge on any atom is -0.302 e. The fourth-order valence-electron chi connectivity index (χ4n) is 2.28. The maximum Gasteiger partial charge on any atom is 0.261 e. The van der Waals surface area contributed by atoms with E-state index in [2.05, 4.69) is 14.6 Å². The molecule has 1 fully saturated rings. The molecule has 0 radical (unpaired) electrons. The smallest absolute Gasteiger partial charge is 0.261 e. The summed E-state index contributed by atoms with van der Waals surface area (Å²) in [6.45, 7) is 4.56. The number of likely N-dealkylation sites (tertiary alicyclic amines) is 1. The molecule has 5 nitrogen and oxygen atoms in total. The van der Waals surface area contributed by atoms with E-state index in [1.54, 1.807) is 0 Å². The minimum atomic E-state index is -3.89. The molecule has 1 atom stereocenters. The van der Waals surface area contributed by atoms with Crippen LogP contribution in [0.2, 0.25) is 0 Å². The van der Waals surface area contributed by atoms with Crippen molar-refractivity contribution in [2.45, 2.75) is 30.8 Å². The van der Waals surface area contributed by atoms with Crippen molar-refractivity contribution in [1.29, 1.82) is 0 Å². The van der Waals surface area contributed by atoms with Crippen LogP contribution in [0.4, 0.5) is 4.39 Å². The van der Waals surface area contributed by atoms with Gasteiger partial charge in [-0.15, -0.1) is 0 Å². The van der Waals surface area contributed by atoms with E-state index in [0.717, 1.165) is 32.0 Å². The molecule has 2 rings (SSSR count). The van der Waals surface area contributed by atoms with Gasteiger partial charge in [0.1, 0.15) is 0 Å². The highest BCUT2D eigenvalue weighted by Crippen LogP contribution is 2.15. The van der Waals surface area contributed by atoms with Gasteiger partial charge in [-0.05, 0) is 38.1 Å². The first-order valence-electron chi connectivity index (χ1n) is 6.38. The van der Waals surface area contributed by atoms with Gasteiger partial charge in [0, 0.05) is 18.8 Å². The van der Waals surface area contributed by atoms with Crippen molar-refractivity contribution in [2.24, 2.45) is 0 Å². The third kappa shape index (κ3) is 3.49. The lowest BCUT2D eigenvalue weighted by Crippen LogP contribution is -2.47. The Labute approximate surface area is 112 Å². The van der Waals surface area contributed by atoms with E-state index >= 15 is 0 Å². The van der Waals surface area contributed by atoms with Crippen molar-refractivity contribution >= 4 is 10.0 Å². The largest absolute Gasteiger partial charge is 0.302 e. The van der Waals surface area contributed by atoms with Crippen molar-refractivity contribution in [3.63, 3.8) is 0 Å². The average molecular weight is 287 g/mol. The number of piperidine rings is 1. The lowest BCUT2D eigenvalue weighted by Gasteiger charge is -2.31. The van der Waals surface area contributed by atoms with Gasteiger partial charge in [0.15, 0.2) is 5.82 Å². The second-order valence-electron chi connectivity index (χ2n) is 4.64. The van der Waals surface area contributed by atoms with Crippen molar-refractivity contribution < 1.29 is 12.8 Å². The van der Waals surface area contributed by atoms with Gasteiger partial charge < -0.3 is 4.90 Å². The van der Waals surface area contributed by atoms with Crippen LogP contribution in [0.1, 0.15) is 19.8 Å². The van der Waals surface area contributed by atoms with Gasteiger partial charge >= 0.3 is 0 Å². The van der Waals surface area contributed by atoms with Crippen LogP contribution in [-0.4, -0.2) is 44.0 Å². The highest BCUT2D eigenvalue weighted by molar-refractivity contribution is 7.89. The number of likely N-dealkylation sites (N-methyl/N-ethyl adjacent to an activating group) is 1. The molecule has 1 N–H and O–H groups in total. The third-order valence-electron chi connectivity index (χ3n) is 3.25. The summed E-state index contributed by atoms with van der Waals surface area (Å²) in [4.78, 5) is 5.79. The van der Waals surface area contributed by atoms with Gasteiger partial charge in [-0.25, -0.2) is 22.5 Å². The minimum absolute atomic E-state index is 0.180. The van der Waals surface area contributed by atoms with E-state index < -0.39 is 20.9 Å². The predicted octanol–water partition coefficient (Wildman–Crippen LogP) is 0.983. The lowest BCUT2D eigenvalue weighted by atomic mass is 10.1. The maximum atomic E-state index is 13.5. The normalized spacial score (nSPS) is 21.5. The number of aromatic nitrogens is 1. The second kappa shape index (κ2) is 5.94. The first kappa shape index (κ1) is 14.4. The number of hydrogen-bond donors (Lipinski definition) is 1. The molecule has 0 saturated carbocycles. The SMILES string of the molecule is CCN1CCCC(NS(=O)(=O)c2ncccc2F)C1. The topological polar surface area (TPSA) is 62.3 Å². The van der Waals surface area contributed by atoms with Crippen LogP contribution in [0.15, 0.2) is 23.4 Å². The van der Waals surface area contributed by atoms with Gasteiger partial charge in [-0.2, -0.15) is 0 Å². The zero-order chi connectivity index (χ0) is 13.9. The molecule has 19 heavy (non-hydrogen) atoms. The summed E-state index contributed by atoms with van der Waals surface area (Å²) in [5.41, 5.74) is 0. The Kier molecular flexibility index (Phi) is 4.49. The highest BCUT2D eigenvalue weighted by Gasteiger charge is 2.27. The summed E-state index contributed by atoms with van der Waals surface area (Å²) in [7, 11) is -3.89. The number of rotatable bonds is 4. The fourth-order valence-corrected chi connectivity index (χ4v) is 3.55. The number of sulfonamides is 1. The zero-order valence-electron chi connectivity index (χ0n) is 10.8.